The van der Waals surface area contributed by atoms with Crippen LogP contribution in [-0.2, 0) is 0 Å². The second kappa shape index (κ2) is 3.38. The zero-order valence-corrected chi connectivity index (χ0v) is 8.90. The van der Waals surface area contributed by atoms with E-state index < -0.39 is 0 Å². The molecule has 2 rings (SSSR count). The lowest BCUT2D eigenvalue weighted by atomic mass is 10.1. The molecule has 4 nitrogen and oxygen atoms in total. The summed E-state index contributed by atoms with van der Waals surface area (Å²) >= 11 is 0. The van der Waals surface area contributed by atoms with Gasteiger partial charge in [-0.3, -0.25) is 9.69 Å². The Morgan fingerprint density at radius 2 is 2.27 bits per heavy atom. The van der Waals surface area contributed by atoms with E-state index in [0.29, 0.717) is 23.7 Å². The third-order valence-electron chi connectivity index (χ3n) is 2.59. The summed E-state index contributed by atoms with van der Waals surface area (Å²) in [6.07, 6.45) is 1.68. The number of fused-ring (bicyclic) bond motifs is 1. The molecule has 78 valence electrons. The Kier molecular flexibility index (Phi) is 2.19. The molecule has 1 amide bonds. The number of amides is 1. The molecule has 0 spiro atoms. The van der Waals surface area contributed by atoms with Crippen molar-refractivity contribution in [1.82, 2.24) is 9.88 Å². The third-order valence-corrected chi connectivity index (χ3v) is 2.59. The second-order valence-corrected chi connectivity index (χ2v) is 3.40. The van der Waals surface area contributed by atoms with Crippen LogP contribution in [0.25, 0.3) is 0 Å². The summed E-state index contributed by atoms with van der Waals surface area (Å²) in [5.74, 6) is 1.33. The van der Waals surface area contributed by atoms with Crippen molar-refractivity contribution >= 4 is 11.7 Å². The molecule has 0 saturated heterocycles. The fourth-order valence-electron chi connectivity index (χ4n) is 1.72. The molecule has 1 aliphatic rings. The summed E-state index contributed by atoms with van der Waals surface area (Å²) in [7, 11) is 1.86. The zero-order chi connectivity index (χ0) is 11.0. The molecule has 15 heavy (non-hydrogen) atoms. The van der Waals surface area contributed by atoms with Gasteiger partial charge in [-0.15, -0.1) is 0 Å². The molecule has 0 saturated carbocycles. The fraction of sp³-hybridized carbons (Fsp3) is 0.273. The smallest absolute Gasteiger partial charge is 0.263 e. The van der Waals surface area contributed by atoms with E-state index in [1.165, 1.54) is 0 Å². The lowest BCUT2D eigenvalue weighted by Crippen LogP contribution is -2.42. The molecule has 2 heterocycles. The highest BCUT2D eigenvalue weighted by molar-refractivity contribution is 6.02. The van der Waals surface area contributed by atoms with Gasteiger partial charge in [-0.25, -0.2) is 4.98 Å². The average Bonchev–Trinajstić information content (AvgIpc) is 2.27. The average molecular weight is 203 g/mol. The highest BCUT2D eigenvalue weighted by Gasteiger charge is 2.30. The molecule has 0 fully saturated rings. The van der Waals surface area contributed by atoms with Crippen molar-refractivity contribution in [2.24, 2.45) is 0 Å². The SMILES string of the molecule is C=C1N(CC)C(=O)c2cccnc2N1C. The first-order valence-corrected chi connectivity index (χ1v) is 4.86. The monoisotopic (exact) mass is 203 g/mol. The van der Waals surface area contributed by atoms with E-state index in [0.717, 1.165) is 0 Å². The van der Waals surface area contributed by atoms with Gasteiger partial charge in [0.05, 0.1) is 5.56 Å². The first-order valence-electron chi connectivity index (χ1n) is 4.86. The molecule has 0 radical (unpaired) electrons. The van der Waals surface area contributed by atoms with Crippen LogP contribution in [0.1, 0.15) is 17.3 Å². The van der Waals surface area contributed by atoms with Gasteiger partial charge in [0.25, 0.3) is 5.91 Å². The molecule has 0 bridgehead atoms. The molecule has 0 unspecified atom stereocenters. The van der Waals surface area contributed by atoms with Crippen molar-refractivity contribution in [2.75, 3.05) is 18.5 Å². The summed E-state index contributed by atoms with van der Waals surface area (Å²) in [6.45, 7) is 6.44. The lowest BCUT2D eigenvalue weighted by Gasteiger charge is -2.35. The molecule has 1 aromatic heterocycles. The zero-order valence-electron chi connectivity index (χ0n) is 8.90. The maximum atomic E-state index is 12.0. The summed E-state index contributed by atoms with van der Waals surface area (Å²) in [5.41, 5.74) is 0.634. The molecular formula is C11H13N3O. The number of carbonyl (C=O) groups excluding carboxylic acids is 1. The van der Waals surface area contributed by atoms with Crippen LogP contribution in [-0.4, -0.2) is 29.4 Å². The maximum Gasteiger partial charge on any atom is 0.263 e. The number of carbonyl (C=O) groups is 1. The number of anilines is 1. The van der Waals surface area contributed by atoms with E-state index in [4.69, 9.17) is 0 Å². The molecule has 0 atom stereocenters. The topological polar surface area (TPSA) is 36.4 Å². The molecular weight excluding hydrogens is 190 g/mol. The third kappa shape index (κ3) is 1.29. The van der Waals surface area contributed by atoms with Crippen LogP contribution >= 0.6 is 0 Å². The van der Waals surface area contributed by atoms with Gasteiger partial charge in [0.1, 0.15) is 11.6 Å². The van der Waals surface area contributed by atoms with Crippen molar-refractivity contribution in [3.05, 3.63) is 36.3 Å². The van der Waals surface area contributed by atoms with Crippen LogP contribution in [0.5, 0.6) is 0 Å². The minimum Gasteiger partial charge on any atom is -0.315 e. The second-order valence-electron chi connectivity index (χ2n) is 3.40. The number of hydrogen-bond donors (Lipinski definition) is 0. The Bertz CT molecular complexity index is 428. The van der Waals surface area contributed by atoms with Crippen LogP contribution in [0.3, 0.4) is 0 Å². The van der Waals surface area contributed by atoms with Crippen molar-refractivity contribution in [2.45, 2.75) is 6.92 Å². The molecule has 0 aromatic carbocycles. The normalized spacial score (nSPS) is 15.6. The largest absolute Gasteiger partial charge is 0.315 e. The van der Waals surface area contributed by atoms with Crippen molar-refractivity contribution in [3.63, 3.8) is 0 Å². The molecule has 0 N–H and O–H groups in total. The van der Waals surface area contributed by atoms with Gasteiger partial charge < -0.3 is 4.90 Å². The van der Waals surface area contributed by atoms with E-state index in [1.807, 2.05) is 18.9 Å². The molecule has 1 aliphatic heterocycles. The van der Waals surface area contributed by atoms with Crippen LogP contribution < -0.4 is 4.90 Å². The van der Waals surface area contributed by atoms with Crippen LogP contribution in [0, 0.1) is 0 Å². The molecule has 4 heteroatoms. The number of aromatic nitrogens is 1. The van der Waals surface area contributed by atoms with Crippen LogP contribution in [0.2, 0.25) is 0 Å². The Hall–Kier alpha value is -1.84. The minimum absolute atomic E-state index is 0.0244. The van der Waals surface area contributed by atoms with Crippen molar-refractivity contribution < 1.29 is 4.79 Å². The van der Waals surface area contributed by atoms with E-state index in [9.17, 15) is 4.79 Å². The predicted molar refractivity (Wildman–Crippen MR) is 58.5 cm³/mol. The minimum atomic E-state index is -0.0244. The first-order chi connectivity index (χ1) is 7.16. The predicted octanol–water partition coefficient (Wildman–Crippen LogP) is 1.46. The van der Waals surface area contributed by atoms with E-state index >= 15 is 0 Å². The van der Waals surface area contributed by atoms with Gasteiger partial charge in [0.15, 0.2) is 0 Å². The Labute approximate surface area is 88.8 Å². The molecule has 1 aromatic rings. The van der Waals surface area contributed by atoms with Gasteiger partial charge in [-0.1, -0.05) is 6.58 Å². The maximum absolute atomic E-state index is 12.0. The van der Waals surface area contributed by atoms with Crippen molar-refractivity contribution in [1.29, 1.82) is 0 Å². The van der Waals surface area contributed by atoms with Gasteiger partial charge in [0, 0.05) is 19.8 Å². The first kappa shape index (κ1) is 9.71. The Balaban J connectivity index is 2.57. The summed E-state index contributed by atoms with van der Waals surface area (Å²) < 4.78 is 0. The van der Waals surface area contributed by atoms with Gasteiger partial charge in [-0.05, 0) is 19.1 Å². The van der Waals surface area contributed by atoms with Gasteiger partial charge in [0.2, 0.25) is 0 Å². The Morgan fingerprint density at radius 1 is 1.53 bits per heavy atom. The standard InChI is InChI=1S/C11H13N3O/c1-4-14-8(2)13(3)10-9(11(14)15)6-5-7-12-10/h5-7H,2,4H2,1,3H3. The number of rotatable bonds is 1. The number of hydrogen-bond acceptors (Lipinski definition) is 3. The number of pyridine rings is 1. The quantitative estimate of drug-likeness (QED) is 0.693. The van der Waals surface area contributed by atoms with Crippen LogP contribution in [0.4, 0.5) is 5.82 Å². The highest BCUT2D eigenvalue weighted by Crippen LogP contribution is 2.28. The Morgan fingerprint density at radius 3 is 2.93 bits per heavy atom. The summed E-state index contributed by atoms with van der Waals surface area (Å²) in [6, 6.07) is 3.56. The van der Waals surface area contributed by atoms with E-state index in [-0.39, 0.29) is 5.91 Å². The summed E-state index contributed by atoms with van der Waals surface area (Å²) in [5, 5.41) is 0. The summed E-state index contributed by atoms with van der Waals surface area (Å²) in [4.78, 5) is 19.7. The van der Waals surface area contributed by atoms with E-state index in [2.05, 4.69) is 11.6 Å². The van der Waals surface area contributed by atoms with Gasteiger partial charge >= 0.3 is 0 Å². The molecule has 0 aliphatic carbocycles. The van der Waals surface area contributed by atoms with Crippen molar-refractivity contribution in [3.8, 4) is 0 Å². The highest BCUT2D eigenvalue weighted by atomic mass is 16.2. The van der Waals surface area contributed by atoms with E-state index in [1.54, 1.807) is 23.2 Å². The fourth-order valence-corrected chi connectivity index (χ4v) is 1.72. The van der Waals surface area contributed by atoms with Gasteiger partial charge in [-0.2, -0.15) is 0 Å². The van der Waals surface area contributed by atoms with Crippen LogP contribution in [0.15, 0.2) is 30.7 Å². The number of nitrogens with zero attached hydrogens (tertiary/aromatic N) is 3. The lowest BCUT2D eigenvalue weighted by molar-refractivity contribution is 0.0801.